The molecule has 0 bridgehead atoms. The molecule has 2 unspecified atom stereocenters. The number of nitrogens with two attached hydrogens (primary N) is 1. The van der Waals surface area contributed by atoms with Crippen LogP contribution in [0.3, 0.4) is 0 Å². The largest absolute Gasteiger partial charge is 0.366 e. The number of hydrogen-bond acceptors (Lipinski definition) is 4. The molecule has 15 heavy (non-hydrogen) atoms. The number of aromatic nitrogens is 1. The molecule has 4 nitrogen and oxygen atoms in total. The predicted octanol–water partition coefficient (Wildman–Crippen LogP) is 0.879. The first-order valence-electron chi connectivity index (χ1n) is 5.11. The molecule has 1 fully saturated rings. The Morgan fingerprint density at radius 2 is 2.40 bits per heavy atom. The molecular formula is C11H14N4. The van der Waals surface area contributed by atoms with E-state index in [0.717, 1.165) is 18.7 Å². The molecule has 2 atom stereocenters. The van der Waals surface area contributed by atoms with Crippen molar-refractivity contribution < 1.29 is 0 Å². The van der Waals surface area contributed by atoms with Crippen LogP contribution >= 0.6 is 0 Å². The smallest absolute Gasteiger partial charge is 0.140 e. The number of pyridine rings is 1. The second-order valence-corrected chi connectivity index (χ2v) is 3.90. The molecule has 4 heteroatoms. The van der Waals surface area contributed by atoms with E-state index in [0.29, 0.717) is 11.7 Å². The summed E-state index contributed by atoms with van der Waals surface area (Å²) in [5.41, 5.74) is 7.45. The molecule has 1 aliphatic rings. The van der Waals surface area contributed by atoms with Gasteiger partial charge in [-0.05, 0) is 25.5 Å². The first-order valence-corrected chi connectivity index (χ1v) is 5.11. The summed E-state index contributed by atoms with van der Waals surface area (Å²) in [6, 6.07) is 6.27. The van der Waals surface area contributed by atoms with Crippen LogP contribution in [0.15, 0.2) is 18.3 Å². The van der Waals surface area contributed by atoms with Gasteiger partial charge in [-0.1, -0.05) is 0 Å². The quantitative estimate of drug-likeness (QED) is 0.734. The lowest BCUT2D eigenvalue weighted by Gasteiger charge is -2.24. The SMILES string of the molecule is CC1C(N)CCN1c1ccc(C#N)nc1. The summed E-state index contributed by atoms with van der Waals surface area (Å²) in [4.78, 5) is 6.29. The first kappa shape index (κ1) is 9.94. The molecule has 78 valence electrons. The Hall–Kier alpha value is -1.60. The Labute approximate surface area is 89.3 Å². The molecule has 0 saturated carbocycles. The van der Waals surface area contributed by atoms with Crippen molar-refractivity contribution in [1.82, 2.24) is 4.98 Å². The van der Waals surface area contributed by atoms with Crippen LogP contribution in [0.1, 0.15) is 19.0 Å². The van der Waals surface area contributed by atoms with Gasteiger partial charge in [-0.25, -0.2) is 4.98 Å². The minimum Gasteiger partial charge on any atom is -0.366 e. The summed E-state index contributed by atoms with van der Waals surface area (Å²) < 4.78 is 0. The van der Waals surface area contributed by atoms with Crippen LogP contribution in [0.25, 0.3) is 0 Å². The molecule has 1 aromatic heterocycles. The highest BCUT2D eigenvalue weighted by molar-refractivity contribution is 5.48. The zero-order valence-corrected chi connectivity index (χ0v) is 8.72. The molecule has 0 spiro atoms. The molecule has 1 aliphatic heterocycles. The lowest BCUT2D eigenvalue weighted by Crippen LogP contribution is -2.36. The maximum absolute atomic E-state index is 8.64. The van der Waals surface area contributed by atoms with E-state index in [4.69, 9.17) is 11.0 Å². The van der Waals surface area contributed by atoms with Crippen molar-refractivity contribution >= 4 is 5.69 Å². The Morgan fingerprint density at radius 1 is 1.60 bits per heavy atom. The third-order valence-electron chi connectivity index (χ3n) is 3.01. The molecule has 1 aromatic rings. The van der Waals surface area contributed by atoms with E-state index in [-0.39, 0.29) is 6.04 Å². The highest BCUT2D eigenvalue weighted by Crippen LogP contribution is 2.23. The van der Waals surface area contributed by atoms with Crippen LogP contribution in [0.5, 0.6) is 0 Å². The monoisotopic (exact) mass is 202 g/mol. The van der Waals surface area contributed by atoms with E-state index in [9.17, 15) is 0 Å². The van der Waals surface area contributed by atoms with Crippen molar-refractivity contribution in [2.24, 2.45) is 5.73 Å². The summed E-state index contributed by atoms with van der Waals surface area (Å²) in [5, 5.41) is 8.64. The Balaban J connectivity index is 2.20. The normalized spacial score (nSPS) is 25.3. The maximum Gasteiger partial charge on any atom is 0.140 e. The van der Waals surface area contributed by atoms with Crippen molar-refractivity contribution in [3.63, 3.8) is 0 Å². The molecule has 2 N–H and O–H groups in total. The molecule has 0 radical (unpaired) electrons. The fourth-order valence-corrected chi connectivity index (χ4v) is 1.95. The lowest BCUT2D eigenvalue weighted by atomic mass is 10.1. The predicted molar refractivity (Wildman–Crippen MR) is 58.4 cm³/mol. The lowest BCUT2D eigenvalue weighted by molar-refractivity contribution is 0.624. The van der Waals surface area contributed by atoms with E-state index in [1.165, 1.54) is 0 Å². The van der Waals surface area contributed by atoms with E-state index in [2.05, 4.69) is 16.8 Å². The summed E-state index contributed by atoms with van der Waals surface area (Å²) in [6.07, 6.45) is 2.76. The van der Waals surface area contributed by atoms with Crippen LogP contribution < -0.4 is 10.6 Å². The van der Waals surface area contributed by atoms with E-state index < -0.39 is 0 Å². The van der Waals surface area contributed by atoms with Gasteiger partial charge in [0, 0.05) is 18.6 Å². The first-order chi connectivity index (χ1) is 7.22. The van der Waals surface area contributed by atoms with Gasteiger partial charge in [0.15, 0.2) is 0 Å². The number of nitrogens with zero attached hydrogens (tertiary/aromatic N) is 3. The number of hydrogen-bond donors (Lipinski definition) is 1. The van der Waals surface area contributed by atoms with Gasteiger partial charge in [0.1, 0.15) is 11.8 Å². The van der Waals surface area contributed by atoms with Crippen molar-refractivity contribution in [2.45, 2.75) is 25.4 Å². The van der Waals surface area contributed by atoms with E-state index in [1.807, 2.05) is 12.1 Å². The highest BCUT2D eigenvalue weighted by atomic mass is 15.2. The second kappa shape index (κ2) is 3.87. The molecule has 1 saturated heterocycles. The van der Waals surface area contributed by atoms with Gasteiger partial charge < -0.3 is 10.6 Å². The van der Waals surface area contributed by atoms with Gasteiger partial charge in [0.2, 0.25) is 0 Å². The third-order valence-corrected chi connectivity index (χ3v) is 3.01. The summed E-state index contributed by atoms with van der Waals surface area (Å²) in [7, 11) is 0. The second-order valence-electron chi connectivity index (χ2n) is 3.90. The maximum atomic E-state index is 8.64. The van der Waals surface area contributed by atoms with Gasteiger partial charge in [-0.15, -0.1) is 0 Å². The van der Waals surface area contributed by atoms with E-state index in [1.54, 1.807) is 12.3 Å². The van der Waals surface area contributed by atoms with Gasteiger partial charge in [0.25, 0.3) is 0 Å². The molecular weight excluding hydrogens is 188 g/mol. The van der Waals surface area contributed by atoms with Crippen LogP contribution in [-0.2, 0) is 0 Å². The molecule has 0 aliphatic carbocycles. The average molecular weight is 202 g/mol. The fourth-order valence-electron chi connectivity index (χ4n) is 1.95. The van der Waals surface area contributed by atoms with Crippen LogP contribution in [-0.4, -0.2) is 23.6 Å². The summed E-state index contributed by atoms with van der Waals surface area (Å²) >= 11 is 0. The topological polar surface area (TPSA) is 65.9 Å². The van der Waals surface area contributed by atoms with Gasteiger partial charge in [-0.2, -0.15) is 5.26 Å². The minimum atomic E-state index is 0.237. The Morgan fingerprint density at radius 3 is 2.87 bits per heavy atom. The summed E-state index contributed by atoms with van der Waals surface area (Å²) in [6.45, 7) is 3.09. The molecule has 0 aromatic carbocycles. The van der Waals surface area contributed by atoms with Crippen molar-refractivity contribution in [3.8, 4) is 6.07 Å². The third kappa shape index (κ3) is 1.79. The van der Waals surface area contributed by atoms with Gasteiger partial charge >= 0.3 is 0 Å². The van der Waals surface area contributed by atoms with E-state index >= 15 is 0 Å². The fraction of sp³-hybridized carbons (Fsp3) is 0.455. The number of anilines is 1. The highest BCUT2D eigenvalue weighted by Gasteiger charge is 2.27. The van der Waals surface area contributed by atoms with Crippen LogP contribution in [0.4, 0.5) is 5.69 Å². The van der Waals surface area contributed by atoms with Crippen LogP contribution in [0.2, 0.25) is 0 Å². The number of nitriles is 1. The summed E-state index contributed by atoms with van der Waals surface area (Å²) in [5.74, 6) is 0. The average Bonchev–Trinajstić information content (AvgIpc) is 2.60. The zero-order chi connectivity index (χ0) is 10.8. The van der Waals surface area contributed by atoms with Crippen molar-refractivity contribution in [3.05, 3.63) is 24.0 Å². The molecule has 2 heterocycles. The Kier molecular flexibility index (Phi) is 2.57. The number of rotatable bonds is 1. The Bertz CT molecular complexity index is 379. The van der Waals surface area contributed by atoms with Gasteiger partial charge in [0.05, 0.1) is 11.9 Å². The molecule has 0 amide bonds. The van der Waals surface area contributed by atoms with Crippen molar-refractivity contribution in [2.75, 3.05) is 11.4 Å². The minimum absolute atomic E-state index is 0.237. The standard InChI is InChI=1S/C11H14N4/c1-8-11(13)4-5-15(8)10-3-2-9(6-12)14-7-10/h2-3,7-8,11H,4-5,13H2,1H3. The molecule has 2 rings (SSSR count). The zero-order valence-electron chi connectivity index (χ0n) is 8.72. The van der Waals surface area contributed by atoms with Crippen molar-refractivity contribution in [1.29, 1.82) is 5.26 Å². The van der Waals surface area contributed by atoms with Gasteiger partial charge in [-0.3, -0.25) is 0 Å². The van der Waals surface area contributed by atoms with Crippen LogP contribution in [0, 0.1) is 11.3 Å².